The Labute approximate surface area is 120 Å². The summed E-state index contributed by atoms with van der Waals surface area (Å²) in [5.41, 5.74) is 1.12. The molecule has 1 heterocycles. The van der Waals surface area contributed by atoms with Crippen LogP contribution in [0.1, 0.15) is 12.5 Å². The smallest absolute Gasteiger partial charge is 0.237 e. The number of aryl methyl sites for hydroxylation is 1. The number of nitrogens with zero attached hydrogens (tertiary/aromatic N) is 4. The third-order valence-corrected chi connectivity index (χ3v) is 3.73. The summed E-state index contributed by atoms with van der Waals surface area (Å²) in [6.45, 7) is 1.79. The predicted octanol–water partition coefficient (Wildman–Crippen LogP) is 1.81. The van der Waals surface area contributed by atoms with Gasteiger partial charge in [-0.05, 0) is 25.1 Å². The summed E-state index contributed by atoms with van der Waals surface area (Å²) >= 11 is 1.33. The normalized spacial score (nSPS) is 11.7. The van der Waals surface area contributed by atoms with Gasteiger partial charge in [0.2, 0.25) is 5.91 Å². The highest BCUT2D eigenvalue weighted by atomic mass is 32.2. The fourth-order valence-electron chi connectivity index (χ4n) is 1.50. The van der Waals surface area contributed by atoms with Crippen molar-refractivity contribution in [1.29, 1.82) is 5.26 Å². The molecule has 0 spiro atoms. The number of carbonyl (C=O) groups is 1. The minimum atomic E-state index is -0.316. The second-order valence-corrected chi connectivity index (χ2v) is 5.47. The van der Waals surface area contributed by atoms with Gasteiger partial charge >= 0.3 is 0 Å². The minimum Gasteiger partial charge on any atom is -0.325 e. The summed E-state index contributed by atoms with van der Waals surface area (Å²) in [6.07, 6.45) is 1.59. The Hall–Kier alpha value is -2.33. The van der Waals surface area contributed by atoms with Crippen molar-refractivity contribution in [2.45, 2.75) is 17.3 Å². The Morgan fingerprint density at radius 1 is 1.55 bits per heavy atom. The molecule has 1 atom stereocenters. The summed E-state index contributed by atoms with van der Waals surface area (Å²) in [6, 6.07) is 8.84. The van der Waals surface area contributed by atoms with Gasteiger partial charge in [-0.2, -0.15) is 5.26 Å². The maximum absolute atomic E-state index is 12.1. The minimum absolute atomic E-state index is 0.145. The molecule has 0 radical (unpaired) electrons. The SMILES string of the molecule is C[C@@H](Sc1nncn1C)C(=O)Nc1cccc(C#N)c1. The van der Waals surface area contributed by atoms with Crippen LogP contribution in [0.3, 0.4) is 0 Å². The molecule has 6 nitrogen and oxygen atoms in total. The molecule has 0 aliphatic rings. The number of aromatic nitrogens is 3. The first-order chi connectivity index (χ1) is 9.60. The Balaban J connectivity index is 2.01. The Morgan fingerprint density at radius 3 is 3.00 bits per heavy atom. The largest absolute Gasteiger partial charge is 0.325 e. The molecule has 0 saturated carbocycles. The molecule has 2 aromatic rings. The number of thioether (sulfide) groups is 1. The molecule has 1 aromatic heterocycles. The summed E-state index contributed by atoms with van der Waals surface area (Å²) in [5.74, 6) is -0.145. The lowest BCUT2D eigenvalue weighted by Gasteiger charge is -2.11. The van der Waals surface area contributed by atoms with Crippen molar-refractivity contribution in [1.82, 2.24) is 14.8 Å². The van der Waals surface area contributed by atoms with Crippen LogP contribution in [-0.4, -0.2) is 25.9 Å². The Bertz CT molecular complexity index is 661. The number of benzene rings is 1. The third-order valence-electron chi connectivity index (χ3n) is 2.58. The Morgan fingerprint density at radius 2 is 2.35 bits per heavy atom. The van der Waals surface area contributed by atoms with Crippen LogP contribution in [0.5, 0.6) is 0 Å². The zero-order chi connectivity index (χ0) is 14.5. The molecule has 1 amide bonds. The first-order valence-corrected chi connectivity index (χ1v) is 6.80. The van der Waals surface area contributed by atoms with Crippen molar-refractivity contribution < 1.29 is 4.79 Å². The number of rotatable bonds is 4. The number of carbonyl (C=O) groups excluding carboxylic acids is 1. The number of amides is 1. The van der Waals surface area contributed by atoms with Crippen molar-refractivity contribution in [2.75, 3.05) is 5.32 Å². The first kappa shape index (κ1) is 14.1. The van der Waals surface area contributed by atoms with Crippen molar-refractivity contribution in [3.05, 3.63) is 36.2 Å². The average Bonchev–Trinajstić information content (AvgIpc) is 2.84. The molecule has 0 unspecified atom stereocenters. The topological polar surface area (TPSA) is 83.6 Å². The summed E-state index contributed by atoms with van der Waals surface area (Å²) in [7, 11) is 1.82. The zero-order valence-corrected chi connectivity index (χ0v) is 11.9. The van der Waals surface area contributed by atoms with Gasteiger partial charge in [0.15, 0.2) is 5.16 Å². The van der Waals surface area contributed by atoms with Crippen LogP contribution in [0.4, 0.5) is 5.69 Å². The van der Waals surface area contributed by atoms with Crippen molar-refractivity contribution in [3.8, 4) is 6.07 Å². The summed E-state index contributed by atoms with van der Waals surface area (Å²) in [4.78, 5) is 12.1. The van der Waals surface area contributed by atoms with Gasteiger partial charge in [0, 0.05) is 12.7 Å². The van der Waals surface area contributed by atoms with Crippen molar-refractivity contribution in [3.63, 3.8) is 0 Å². The first-order valence-electron chi connectivity index (χ1n) is 5.92. The molecule has 0 bridgehead atoms. The highest BCUT2D eigenvalue weighted by Crippen LogP contribution is 2.21. The lowest BCUT2D eigenvalue weighted by Crippen LogP contribution is -2.22. The molecule has 20 heavy (non-hydrogen) atoms. The van der Waals surface area contributed by atoms with Crippen LogP contribution in [0, 0.1) is 11.3 Å². The summed E-state index contributed by atoms with van der Waals surface area (Å²) < 4.78 is 1.75. The summed E-state index contributed by atoms with van der Waals surface area (Å²) in [5, 5.41) is 19.7. The standard InChI is InChI=1S/C13H13N5OS/c1-9(20-13-17-15-8-18(13)2)12(19)16-11-5-3-4-10(6-11)7-14/h3-6,8-9H,1-2H3,(H,16,19)/t9-/m1/s1. The zero-order valence-electron chi connectivity index (χ0n) is 11.1. The monoisotopic (exact) mass is 287 g/mol. The van der Waals surface area contributed by atoms with Gasteiger partial charge in [0.05, 0.1) is 16.9 Å². The van der Waals surface area contributed by atoms with E-state index in [1.54, 1.807) is 42.1 Å². The second kappa shape index (κ2) is 6.21. The maximum Gasteiger partial charge on any atom is 0.237 e. The maximum atomic E-state index is 12.1. The van der Waals surface area contributed by atoms with E-state index in [1.165, 1.54) is 11.8 Å². The molecular weight excluding hydrogens is 274 g/mol. The fraction of sp³-hybridized carbons (Fsp3) is 0.231. The van der Waals surface area contributed by atoms with Crippen LogP contribution < -0.4 is 5.32 Å². The van der Waals surface area contributed by atoms with E-state index in [-0.39, 0.29) is 11.2 Å². The van der Waals surface area contributed by atoms with Crippen LogP contribution in [0.15, 0.2) is 35.7 Å². The molecule has 102 valence electrons. The van der Waals surface area contributed by atoms with Gasteiger partial charge in [-0.3, -0.25) is 4.79 Å². The van der Waals surface area contributed by atoms with Gasteiger partial charge in [-0.1, -0.05) is 17.8 Å². The highest BCUT2D eigenvalue weighted by molar-refractivity contribution is 8.00. The van der Waals surface area contributed by atoms with E-state index in [4.69, 9.17) is 5.26 Å². The van der Waals surface area contributed by atoms with Crippen molar-refractivity contribution >= 4 is 23.4 Å². The van der Waals surface area contributed by atoms with Crippen LogP contribution in [-0.2, 0) is 11.8 Å². The Kier molecular flexibility index (Phi) is 4.38. The van der Waals surface area contributed by atoms with Gasteiger partial charge < -0.3 is 9.88 Å². The molecule has 2 rings (SSSR count). The van der Waals surface area contributed by atoms with E-state index in [0.29, 0.717) is 16.4 Å². The highest BCUT2D eigenvalue weighted by Gasteiger charge is 2.17. The van der Waals surface area contributed by atoms with Crippen LogP contribution >= 0.6 is 11.8 Å². The molecule has 0 saturated heterocycles. The van der Waals surface area contributed by atoms with E-state index in [9.17, 15) is 4.79 Å². The van der Waals surface area contributed by atoms with Crippen molar-refractivity contribution in [2.24, 2.45) is 7.05 Å². The number of nitrogens with one attached hydrogen (secondary N) is 1. The molecule has 0 aliphatic carbocycles. The average molecular weight is 287 g/mol. The van der Waals surface area contributed by atoms with E-state index in [0.717, 1.165) is 0 Å². The van der Waals surface area contributed by atoms with Gasteiger partial charge in [0.1, 0.15) is 6.33 Å². The molecule has 1 N–H and O–H groups in total. The van der Waals surface area contributed by atoms with E-state index in [1.807, 2.05) is 13.1 Å². The van der Waals surface area contributed by atoms with E-state index < -0.39 is 0 Å². The lowest BCUT2D eigenvalue weighted by atomic mass is 10.2. The predicted molar refractivity (Wildman–Crippen MR) is 76.1 cm³/mol. The van der Waals surface area contributed by atoms with Gasteiger partial charge in [-0.15, -0.1) is 10.2 Å². The fourth-order valence-corrected chi connectivity index (χ4v) is 2.29. The van der Waals surface area contributed by atoms with Gasteiger partial charge in [-0.25, -0.2) is 0 Å². The van der Waals surface area contributed by atoms with Crippen LogP contribution in [0.25, 0.3) is 0 Å². The molecule has 0 aliphatic heterocycles. The van der Waals surface area contributed by atoms with Gasteiger partial charge in [0.25, 0.3) is 0 Å². The molecule has 0 fully saturated rings. The third kappa shape index (κ3) is 3.36. The lowest BCUT2D eigenvalue weighted by molar-refractivity contribution is -0.115. The van der Waals surface area contributed by atoms with E-state index >= 15 is 0 Å². The molecule has 7 heteroatoms. The quantitative estimate of drug-likeness (QED) is 0.867. The van der Waals surface area contributed by atoms with E-state index in [2.05, 4.69) is 15.5 Å². The number of nitriles is 1. The number of hydrogen-bond donors (Lipinski definition) is 1. The molecule has 1 aromatic carbocycles. The molecular formula is C13H13N5OS. The number of anilines is 1. The van der Waals surface area contributed by atoms with Crippen LogP contribution in [0.2, 0.25) is 0 Å². The second-order valence-electron chi connectivity index (χ2n) is 4.17. The number of hydrogen-bond acceptors (Lipinski definition) is 5.